The number of aromatic nitrogens is 1. The van der Waals surface area contributed by atoms with Crippen LogP contribution in [0.15, 0.2) is 24.4 Å². The molecule has 0 spiro atoms. The lowest BCUT2D eigenvalue weighted by Gasteiger charge is -2.02. The Hall–Kier alpha value is -0.680. The quantitative estimate of drug-likeness (QED) is 0.856. The van der Waals surface area contributed by atoms with Gasteiger partial charge in [-0.15, -0.1) is 11.3 Å². The molecule has 0 aliphatic heterocycles. The molecule has 0 unspecified atom stereocenters. The van der Waals surface area contributed by atoms with Crippen LogP contribution in [-0.4, -0.2) is 9.97 Å². The Morgan fingerprint density at radius 1 is 1.31 bits per heavy atom. The van der Waals surface area contributed by atoms with Crippen LogP contribution in [0.1, 0.15) is 4.88 Å². The van der Waals surface area contributed by atoms with Crippen molar-refractivity contribution in [2.45, 2.75) is 0 Å². The van der Waals surface area contributed by atoms with Gasteiger partial charge in [-0.1, -0.05) is 41.5 Å². The number of thiazole rings is 1. The second-order valence-electron chi connectivity index (χ2n) is 2.99. The number of thiocarbonyl (C=S) groups is 1. The number of benzene rings is 1. The average molecular weight is 289 g/mol. The molecule has 2 nitrogen and oxygen atoms in total. The van der Waals surface area contributed by atoms with E-state index in [1.807, 2.05) is 0 Å². The van der Waals surface area contributed by atoms with Gasteiger partial charge < -0.3 is 5.73 Å². The predicted octanol–water partition coefficient (Wildman–Crippen LogP) is 3.75. The van der Waals surface area contributed by atoms with E-state index in [1.54, 1.807) is 24.4 Å². The lowest BCUT2D eigenvalue weighted by atomic mass is 10.2. The first-order valence-corrected chi connectivity index (χ1v) is 6.27. The number of hydrogen-bond donors (Lipinski definition) is 1. The molecule has 0 aliphatic carbocycles. The van der Waals surface area contributed by atoms with Crippen molar-refractivity contribution < 1.29 is 0 Å². The van der Waals surface area contributed by atoms with Crippen molar-refractivity contribution in [1.82, 2.24) is 4.98 Å². The van der Waals surface area contributed by atoms with Gasteiger partial charge in [0.2, 0.25) is 0 Å². The molecule has 1 aromatic carbocycles. The topological polar surface area (TPSA) is 38.9 Å². The highest BCUT2D eigenvalue weighted by Crippen LogP contribution is 2.36. The number of halogens is 2. The summed E-state index contributed by atoms with van der Waals surface area (Å²) in [7, 11) is 0. The highest BCUT2D eigenvalue weighted by molar-refractivity contribution is 7.81. The summed E-state index contributed by atoms with van der Waals surface area (Å²) in [6.07, 6.45) is 1.63. The highest BCUT2D eigenvalue weighted by atomic mass is 35.5. The maximum Gasteiger partial charge on any atom is 0.126 e. The van der Waals surface area contributed by atoms with Gasteiger partial charge in [-0.2, -0.15) is 0 Å². The molecule has 6 heteroatoms. The van der Waals surface area contributed by atoms with Crippen molar-refractivity contribution >= 4 is 51.7 Å². The third-order valence-corrected chi connectivity index (χ3v) is 3.95. The van der Waals surface area contributed by atoms with Crippen molar-refractivity contribution in [2.24, 2.45) is 5.73 Å². The summed E-state index contributed by atoms with van der Waals surface area (Å²) in [6.45, 7) is 0. The summed E-state index contributed by atoms with van der Waals surface area (Å²) in [4.78, 5) is 5.29. The first kappa shape index (κ1) is 11.8. The molecule has 0 saturated heterocycles. The number of rotatable bonds is 2. The number of nitrogens with two attached hydrogens (primary N) is 1. The lowest BCUT2D eigenvalue weighted by molar-refractivity contribution is 1.41. The first-order chi connectivity index (χ1) is 7.59. The minimum absolute atomic E-state index is 0.326. The van der Waals surface area contributed by atoms with Crippen molar-refractivity contribution in [1.29, 1.82) is 0 Å². The van der Waals surface area contributed by atoms with Crippen LogP contribution in [0.3, 0.4) is 0 Å². The minimum Gasteiger partial charge on any atom is -0.389 e. The molecule has 2 N–H and O–H groups in total. The fourth-order valence-electron chi connectivity index (χ4n) is 1.21. The van der Waals surface area contributed by atoms with E-state index in [0.717, 1.165) is 15.4 Å². The summed E-state index contributed by atoms with van der Waals surface area (Å²) < 4.78 is 0. The molecule has 2 aromatic rings. The van der Waals surface area contributed by atoms with Crippen LogP contribution >= 0.6 is 46.8 Å². The van der Waals surface area contributed by atoms with Crippen LogP contribution < -0.4 is 5.73 Å². The van der Waals surface area contributed by atoms with E-state index < -0.39 is 0 Å². The van der Waals surface area contributed by atoms with Gasteiger partial charge in [0.1, 0.15) is 10.00 Å². The highest BCUT2D eigenvalue weighted by Gasteiger charge is 2.12. The van der Waals surface area contributed by atoms with E-state index in [0.29, 0.717) is 15.0 Å². The van der Waals surface area contributed by atoms with Crippen molar-refractivity contribution in [2.75, 3.05) is 0 Å². The molecular weight excluding hydrogens is 283 g/mol. The zero-order valence-corrected chi connectivity index (χ0v) is 11.1. The van der Waals surface area contributed by atoms with E-state index in [1.165, 1.54) is 11.3 Å². The zero-order chi connectivity index (χ0) is 11.7. The number of nitrogens with zero attached hydrogens (tertiary/aromatic N) is 1. The fourth-order valence-corrected chi connectivity index (χ4v) is 2.91. The molecule has 1 aromatic heterocycles. The summed E-state index contributed by atoms with van der Waals surface area (Å²) in [5.74, 6) is 0. The Morgan fingerprint density at radius 2 is 1.94 bits per heavy atom. The number of hydrogen-bond acceptors (Lipinski definition) is 3. The SMILES string of the molecule is NC(=S)c1cnc(-c2c(Cl)cccc2Cl)s1. The van der Waals surface area contributed by atoms with Gasteiger partial charge in [0.15, 0.2) is 0 Å². The van der Waals surface area contributed by atoms with Gasteiger partial charge in [0, 0.05) is 11.8 Å². The van der Waals surface area contributed by atoms with Gasteiger partial charge in [-0.3, -0.25) is 0 Å². The van der Waals surface area contributed by atoms with Crippen LogP contribution in [0, 0.1) is 0 Å². The summed E-state index contributed by atoms with van der Waals surface area (Å²) in [5.41, 5.74) is 6.24. The summed E-state index contributed by atoms with van der Waals surface area (Å²) in [6, 6.07) is 5.32. The second kappa shape index (κ2) is 4.67. The maximum atomic E-state index is 6.07. The lowest BCUT2D eigenvalue weighted by Crippen LogP contribution is -2.06. The Morgan fingerprint density at radius 3 is 2.44 bits per heavy atom. The minimum atomic E-state index is 0.326. The molecule has 2 rings (SSSR count). The van der Waals surface area contributed by atoms with Crippen LogP contribution in [-0.2, 0) is 0 Å². The third-order valence-electron chi connectivity index (χ3n) is 1.93. The molecule has 1 heterocycles. The van der Waals surface area contributed by atoms with Gasteiger partial charge in [-0.25, -0.2) is 4.98 Å². The molecule has 82 valence electrons. The Kier molecular flexibility index (Phi) is 3.44. The Bertz CT molecular complexity index is 531. The normalized spacial score (nSPS) is 10.4. The van der Waals surface area contributed by atoms with Crippen LogP contribution in [0.25, 0.3) is 10.6 Å². The van der Waals surface area contributed by atoms with Gasteiger partial charge >= 0.3 is 0 Å². The maximum absolute atomic E-state index is 6.07. The molecule has 0 bridgehead atoms. The predicted molar refractivity (Wildman–Crippen MR) is 73.5 cm³/mol. The van der Waals surface area contributed by atoms with Crippen LogP contribution in [0.5, 0.6) is 0 Å². The first-order valence-electron chi connectivity index (χ1n) is 4.29. The molecule has 0 aliphatic rings. The van der Waals surface area contributed by atoms with E-state index in [9.17, 15) is 0 Å². The average Bonchev–Trinajstić information content (AvgIpc) is 2.66. The van der Waals surface area contributed by atoms with E-state index >= 15 is 0 Å². The fraction of sp³-hybridized carbons (Fsp3) is 0. The van der Waals surface area contributed by atoms with Crippen molar-refractivity contribution in [3.05, 3.63) is 39.3 Å². The standard InChI is InChI=1S/C10H6Cl2N2S2/c11-5-2-1-3-6(12)8(5)10-14-4-7(16-10)9(13)15/h1-4H,(H2,13,15). The molecule has 0 amide bonds. The van der Waals surface area contributed by atoms with E-state index in [4.69, 9.17) is 41.2 Å². The summed E-state index contributed by atoms with van der Waals surface area (Å²) >= 11 is 18.4. The van der Waals surface area contributed by atoms with Gasteiger partial charge in [-0.05, 0) is 12.1 Å². The molecule has 16 heavy (non-hydrogen) atoms. The summed E-state index contributed by atoms with van der Waals surface area (Å²) in [5, 5.41) is 1.85. The zero-order valence-electron chi connectivity index (χ0n) is 7.91. The van der Waals surface area contributed by atoms with Gasteiger partial charge in [0.05, 0.1) is 14.9 Å². The molecular formula is C10H6Cl2N2S2. The largest absolute Gasteiger partial charge is 0.389 e. The van der Waals surface area contributed by atoms with Crippen molar-refractivity contribution in [3.8, 4) is 10.6 Å². The monoisotopic (exact) mass is 288 g/mol. The van der Waals surface area contributed by atoms with E-state index in [-0.39, 0.29) is 0 Å². The molecule has 0 radical (unpaired) electrons. The van der Waals surface area contributed by atoms with Crippen LogP contribution in [0.2, 0.25) is 10.0 Å². The Labute approximate surface area is 112 Å². The Balaban J connectivity index is 2.54. The third kappa shape index (κ3) is 2.20. The molecule has 0 fully saturated rings. The second-order valence-corrected chi connectivity index (χ2v) is 5.28. The van der Waals surface area contributed by atoms with E-state index in [2.05, 4.69) is 4.98 Å². The molecule has 0 atom stereocenters. The van der Waals surface area contributed by atoms with Crippen LogP contribution in [0.4, 0.5) is 0 Å². The molecule has 0 saturated carbocycles. The smallest absolute Gasteiger partial charge is 0.126 e. The van der Waals surface area contributed by atoms with Crippen molar-refractivity contribution in [3.63, 3.8) is 0 Å². The van der Waals surface area contributed by atoms with Gasteiger partial charge in [0.25, 0.3) is 0 Å².